The fourth-order valence-electron chi connectivity index (χ4n) is 2.77. The summed E-state index contributed by atoms with van der Waals surface area (Å²) in [5, 5.41) is 3.48. The summed E-state index contributed by atoms with van der Waals surface area (Å²) in [6.45, 7) is 8.67. The Bertz CT molecular complexity index is 546. The molecule has 4 nitrogen and oxygen atoms in total. The Labute approximate surface area is 108 Å². The molecule has 2 aromatic rings. The summed E-state index contributed by atoms with van der Waals surface area (Å²) >= 11 is 0. The van der Waals surface area contributed by atoms with Gasteiger partial charge in [0.05, 0.1) is 11.9 Å². The fourth-order valence-corrected chi connectivity index (χ4v) is 2.77. The predicted octanol–water partition coefficient (Wildman–Crippen LogP) is 1.44. The van der Waals surface area contributed by atoms with Crippen LogP contribution >= 0.6 is 0 Å². The van der Waals surface area contributed by atoms with E-state index in [2.05, 4.69) is 51.6 Å². The number of nitrogens with zero attached hydrogens (tertiary/aromatic N) is 3. The van der Waals surface area contributed by atoms with Crippen molar-refractivity contribution in [1.82, 2.24) is 19.6 Å². The van der Waals surface area contributed by atoms with Crippen LogP contribution in [0, 0.1) is 6.92 Å². The summed E-state index contributed by atoms with van der Waals surface area (Å²) in [7, 11) is 0. The molecule has 0 spiro atoms. The van der Waals surface area contributed by atoms with Crippen LogP contribution in [-0.4, -0.2) is 40.0 Å². The van der Waals surface area contributed by atoms with Crippen molar-refractivity contribution < 1.29 is 0 Å². The first-order valence-corrected chi connectivity index (χ1v) is 6.62. The zero-order chi connectivity index (χ0) is 12.5. The van der Waals surface area contributed by atoms with Crippen molar-refractivity contribution in [2.45, 2.75) is 26.4 Å². The van der Waals surface area contributed by atoms with Crippen molar-refractivity contribution in [3.63, 3.8) is 0 Å². The molecule has 1 unspecified atom stereocenters. The smallest absolute Gasteiger partial charge is 0.137 e. The monoisotopic (exact) mass is 244 g/mol. The highest BCUT2D eigenvalue weighted by atomic mass is 15.2. The molecule has 96 valence electrons. The number of fused-ring (bicyclic) bond motifs is 1. The molecule has 1 N–H and O–H groups in total. The maximum atomic E-state index is 4.48. The van der Waals surface area contributed by atoms with Gasteiger partial charge in [-0.15, -0.1) is 0 Å². The van der Waals surface area contributed by atoms with E-state index in [0.29, 0.717) is 6.04 Å². The molecule has 1 aliphatic heterocycles. The van der Waals surface area contributed by atoms with E-state index in [1.54, 1.807) is 0 Å². The molecule has 0 bridgehead atoms. The molecule has 0 radical (unpaired) electrons. The maximum Gasteiger partial charge on any atom is 0.137 e. The zero-order valence-electron chi connectivity index (χ0n) is 11.1. The van der Waals surface area contributed by atoms with Gasteiger partial charge in [0.1, 0.15) is 5.65 Å². The maximum absolute atomic E-state index is 4.48. The summed E-state index contributed by atoms with van der Waals surface area (Å²) in [6.07, 6.45) is 2.01. The zero-order valence-corrected chi connectivity index (χ0v) is 11.1. The Kier molecular flexibility index (Phi) is 3.06. The highest BCUT2D eigenvalue weighted by Gasteiger charge is 2.17. The number of nitrogens with one attached hydrogen (secondary N) is 1. The lowest BCUT2D eigenvalue weighted by Crippen LogP contribution is -2.48. The molecule has 2 aromatic heterocycles. The van der Waals surface area contributed by atoms with Gasteiger partial charge in [0, 0.05) is 37.9 Å². The minimum absolute atomic E-state index is 0.582. The normalized spacial score (nSPS) is 21.6. The van der Waals surface area contributed by atoms with E-state index in [1.165, 1.54) is 11.4 Å². The Morgan fingerprint density at radius 2 is 2.33 bits per heavy atom. The Morgan fingerprint density at radius 1 is 1.44 bits per heavy atom. The summed E-state index contributed by atoms with van der Waals surface area (Å²) in [4.78, 5) is 6.98. The van der Waals surface area contributed by atoms with E-state index in [1.807, 2.05) is 6.20 Å². The molecule has 1 saturated heterocycles. The molecule has 18 heavy (non-hydrogen) atoms. The summed E-state index contributed by atoms with van der Waals surface area (Å²) in [6, 6.07) is 6.85. The van der Waals surface area contributed by atoms with Crippen molar-refractivity contribution in [1.29, 1.82) is 0 Å². The third-order valence-electron chi connectivity index (χ3n) is 3.64. The molecule has 0 aliphatic carbocycles. The lowest BCUT2D eigenvalue weighted by atomic mass is 10.2. The third-order valence-corrected chi connectivity index (χ3v) is 3.64. The molecule has 4 heteroatoms. The average molecular weight is 244 g/mol. The molecular weight excluding hydrogens is 224 g/mol. The molecule has 0 aromatic carbocycles. The van der Waals surface area contributed by atoms with Gasteiger partial charge in [-0.25, -0.2) is 4.98 Å². The van der Waals surface area contributed by atoms with Gasteiger partial charge in [-0.1, -0.05) is 6.07 Å². The SMILES string of the molecule is Cc1cccc2ncc(CN3CCNC(C)C3)n12. The topological polar surface area (TPSA) is 32.6 Å². The van der Waals surface area contributed by atoms with Crippen LogP contribution in [0.4, 0.5) is 0 Å². The highest BCUT2D eigenvalue weighted by Crippen LogP contribution is 2.13. The van der Waals surface area contributed by atoms with E-state index < -0.39 is 0 Å². The van der Waals surface area contributed by atoms with Gasteiger partial charge in [0.15, 0.2) is 0 Å². The molecule has 3 heterocycles. The van der Waals surface area contributed by atoms with Gasteiger partial charge >= 0.3 is 0 Å². The average Bonchev–Trinajstić information content (AvgIpc) is 2.74. The second kappa shape index (κ2) is 4.71. The molecule has 3 rings (SSSR count). The van der Waals surface area contributed by atoms with Crippen LogP contribution in [0.1, 0.15) is 18.3 Å². The number of pyridine rings is 1. The van der Waals surface area contributed by atoms with Gasteiger partial charge in [-0.05, 0) is 26.0 Å². The first kappa shape index (κ1) is 11.7. The van der Waals surface area contributed by atoms with E-state index in [-0.39, 0.29) is 0 Å². The molecule has 1 aliphatic rings. The van der Waals surface area contributed by atoms with Crippen LogP contribution in [0.25, 0.3) is 5.65 Å². The Hall–Kier alpha value is -1.39. The van der Waals surface area contributed by atoms with E-state index >= 15 is 0 Å². The number of piperazine rings is 1. The highest BCUT2D eigenvalue weighted by molar-refractivity contribution is 5.42. The predicted molar refractivity (Wildman–Crippen MR) is 72.7 cm³/mol. The van der Waals surface area contributed by atoms with Crippen LogP contribution < -0.4 is 5.32 Å². The number of rotatable bonds is 2. The number of imidazole rings is 1. The first-order valence-electron chi connectivity index (χ1n) is 6.62. The second-order valence-corrected chi connectivity index (χ2v) is 5.20. The summed E-state index contributed by atoms with van der Waals surface area (Å²) in [5.41, 5.74) is 3.59. The van der Waals surface area contributed by atoms with E-state index in [0.717, 1.165) is 31.8 Å². The molecule has 0 amide bonds. The number of hydrogen-bond donors (Lipinski definition) is 1. The van der Waals surface area contributed by atoms with E-state index in [9.17, 15) is 0 Å². The van der Waals surface area contributed by atoms with Crippen molar-refractivity contribution >= 4 is 5.65 Å². The van der Waals surface area contributed by atoms with Crippen LogP contribution in [0.5, 0.6) is 0 Å². The third kappa shape index (κ3) is 2.13. The van der Waals surface area contributed by atoms with Crippen molar-refractivity contribution in [3.8, 4) is 0 Å². The van der Waals surface area contributed by atoms with Crippen molar-refractivity contribution in [2.75, 3.05) is 19.6 Å². The minimum Gasteiger partial charge on any atom is -0.312 e. The lowest BCUT2D eigenvalue weighted by molar-refractivity contribution is 0.197. The molecule has 1 fully saturated rings. The standard InChI is InChI=1S/C14H20N4/c1-11-9-17(7-6-15-11)10-13-8-16-14-5-3-4-12(2)18(13)14/h3-5,8,11,15H,6-7,9-10H2,1-2H3. The summed E-state index contributed by atoms with van der Waals surface area (Å²) in [5.74, 6) is 0. The van der Waals surface area contributed by atoms with Gasteiger partial charge in [-0.3, -0.25) is 4.90 Å². The van der Waals surface area contributed by atoms with Crippen LogP contribution in [-0.2, 0) is 6.54 Å². The Balaban J connectivity index is 1.86. The minimum atomic E-state index is 0.582. The quantitative estimate of drug-likeness (QED) is 0.867. The van der Waals surface area contributed by atoms with E-state index in [4.69, 9.17) is 0 Å². The Morgan fingerprint density at radius 3 is 3.17 bits per heavy atom. The largest absolute Gasteiger partial charge is 0.312 e. The second-order valence-electron chi connectivity index (χ2n) is 5.20. The molecule has 0 saturated carbocycles. The van der Waals surface area contributed by atoms with Gasteiger partial charge < -0.3 is 9.72 Å². The van der Waals surface area contributed by atoms with Crippen LogP contribution in [0.3, 0.4) is 0 Å². The fraction of sp³-hybridized carbons (Fsp3) is 0.500. The van der Waals surface area contributed by atoms with Crippen LogP contribution in [0.15, 0.2) is 24.4 Å². The van der Waals surface area contributed by atoms with Crippen molar-refractivity contribution in [3.05, 3.63) is 35.8 Å². The molecular formula is C14H20N4. The first-order chi connectivity index (χ1) is 8.74. The van der Waals surface area contributed by atoms with Gasteiger partial charge in [0.25, 0.3) is 0 Å². The van der Waals surface area contributed by atoms with Crippen molar-refractivity contribution in [2.24, 2.45) is 0 Å². The van der Waals surface area contributed by atoms with Gasteiger partial charge in [-0.2, -0.15) is 0 Å². The number of aromatic nitrogens is 2. The van der Waals surface area contributed by atoms with Gasteiger partial charge in [0.2, 0.25) is 0 Å². The number of hydrogen-bond acceptors (Lipinski definition) is 3. The lowest BCUT2D eigenvalue weighted by Gasteiger charge is -2.31. The number of aryl methyl sites for hydroxylation is 1. The van der Waals surface area contributed by atoms with Crippen LogP contribution in [0.2, 0.25) is 0 Å². The molecule has 1 atom stereocenters. The summed E-state index contributed by atoms with van der Waals surface area (Å²) < 4.78 is 2.26.